The van der Waals surface area contributed by atoms with Crippen LogP contribution in [0, 0.1) is 25.1 Å². The number of imidazole rings is 1. The fourth-order valence-corrected chi connectivity index (χ4v) is 3.23. The van der Waals surface area contributed by atoms with E-state index in [9.17, 15) is 14.6 Å². The molecule has 1 aromatic carbocycles. The first-order valence-corrected chi connectivity index (χ1v) is 8.68. The number of aromatic nitrogens is 4. The number of ether oxygens (including phenoxy) is 1. The molecule has 0 bridgehead atoms. The Morgan fingerprint density at radius 2 is 2.11 bits per heavy atom. The van der Waals surface area contributed by atoms with Crippen LogP contribution in [0.5, 0.6) is 0 Å². The molecule has 8 nitrogen and oxygen atoms in total. The first kappa shape index (κ1) is 18.6. The van der Waals surface area contributed by atoms with Crippen LogP contribution in [-0.2, 0) is 4.74 Å². The summed E-state index contributed by atoms with van der Waals surface area (Å²) in [6.45, 7) is 1.63. The van der Waals surface area contributed by atoms with Crippen molar-refractivity contribution in [2.75, 3.05) is 5.32 Å². The zero-order valence-electron chi connectivity index (χ0n) is 14.5. The van der Waals surface area contributed by atoms with Crippen molar-refractivity contribution in [1.82, 2.24) is 19.5 Å². The third kappa shape index (κ3) is 2.96. The molecule has 1 aliphatic rings. The topological polar surface area (TPSA) is 105 Å². The standard InChI is InChI=1S/C18H15ClFN5O3/c1-3-11-13(26)14(27)17(28-11)25-7-21-12-15(23-18(19)24-16(12)25)22-10-6-4-5-9(20)8(10)2/h1,4-7,11,13-14,17,26-27H,2H3,(H,22,23,24)/t11-,13-,14-,17-/m1/s1. The summed E-state index contributed by atoms with van der Waals surface area (Å²) in [6.07, 6.45) is 2.18. The van der Waals surface area contributed by atoms with E-state index in [4.69, 9.17) is 22.8 Å². The number of nitrogens with one attached hydrogen (secondary N) is 1. The maximum Gasteiger partial charge on any atom is 0.226 e. The molecular formula is C18H15ClFN5O3. The van der Waals surface area contributed by atoms with Crippen molar-refractivity contribution >= 4 is 34.3 Å². The van der Waals surface area contributed by atoms with E-state index in [1.165, 1.54) is 17.0 Å². The van der Waals surface area contributed by atoms with Gasteiger partial charge >= 0.3 is 0 Å². The minimum absolute atomic E-state index is 0.0904. The highest BCUT2D eigenvalue weighted by molar-refractivity contribution is 6.28. The molecule has 0 radical (unpaired) electrons. The lowest BCUT2D eigenvalue weighted by atomic mass is 10.1. The SMILES string of the molecule is C#C[C@H]1O[C@@H](n2cnc3c(Nc4cccc(F)c4C)nc(Cl)nc32)[C@H](O)[C@@H]1O. The van der Waals surface area contributed by atoms with Crippen molar-refractivity contribution in [2.45, 2.75) is 31.5 Å². The van der Waals surface area contributed by atoms with Crippen molar-refractivity contribution in [2.24, 2.45) is 0 Å². The number of hydrogen-bond donors (Lipinski definition) is 3. The maximum atomic E-state index is 13.8. The molecule has 4 atom stereocenters. The highest BCUT2D eigenvalue weighted by Gasteiger charge is 2.43. The van der Waals surface area contributed by atoms with Crippen molar-refractivity contribution in [3.05, 3.63) is 41.2 Å². The summed E-state index contributed by atoms with van der Waals surface area (Å²) in [6, 6.07) is 4.60. The number of benzene rings is 1. The maximum absolute atomic E-state index is 13.8. The summed E-state index contributed by atoms with van der Waals surface area (Å²) in [5.41, 5.74) is 1.47. The van der Waals surface area contributed by atoms with E-state index in [1.807, 2.05) is 0 Å². The Balaban J connectivity index is 1.77. The van der Waals surface area contributed by atoms with Crippen LogP contribution < -0.4 is 5.32 Å². The van der Waals surface area contributed by atoms with Crippen LogP contribution in [0.25, 0.3) is 11.2 Å². The van der Waals surface area contributed by atoms with Crippen LogP contribution >= 0.6 is 11.6 Å². The van der Waals surface area contributed by atoms with Gasteiger partial charge in [-0.2, -0.15) is 9.97 Å². The smallest absolute Gasteiger partial charge is 0.226 e. The quantitative estimate of drug-likeness (QED) is 0.453. The van der Waals surface area contributed by atoms with Gasteiger partial charge in [-0.05, 0) is 30.7 Å². The molecule has 0 saturated carbocycles. The summed E-state index contributed by atoms with van der Waals surface area (Å²) in [5, 5.41) is 23.2. The van der Waals surface area contributed by atoms with Crippen LogP contribution in [0.4, 0.5) is 15.9 Å². The molecule has 1 saturated heterocycles. The van der Waals surface area contributed by atoms with E-state index < -0.39 is 24.5 Å². The van der Waals surface area contributed by atoms with Gasteiger partial charge in [-0.1, -0.05) is 12.0 Å². The largest absolute Gasteiger partial charge is 0.386 e. The van der Waals surface area contributed by atoms with Crippen molar-refractivity contribution in [3.63, 3.8) is 0 Å². The second-order valence-electron chi connectivity index (χ2n) is 6.30. The number of aliphatic hydroxyl groups excluding tert-OH is 2. The third-order valence-corrected chi connectivity index (χ3v) is 4.76. The number of terminal acetylenes is 1. The molecule has 0 spiro atoms. The minimum atomic E-state index is -1.28. The zero-order valence-corrected chi connectivity index (χ0v) is 15.3. The monoisotopic (exact) mass is 403 g/mol. The van der Waals surface area contributed by atoms with E-state index in [0.717, 1.165) is 0 Å². The summed E-state index contributed by atoms with van der Waals surface area (Å²) in [7, 11) is 0. The van der Waals surface area contributed by atoms with Crippen molar-refractivity contribution in [1.29, 1.82) is 0 Å². The molecule has 1 fully saturated rings. The van der Waals surface area contributed by atoms with Gasteiger partial charge in [0.15, 0.2) is 23.2 Å². The van der Waals surface area contributed by atoms with Gasteiger partial charge < -0.3 is 20.3 Å². The van der Waals surface area contributed by atoms with E-state index >= 15 is 0 Å². The fourth-order valence-electron chi connectivity index (χ4n) is 3.06. The van der Waals surface area contributed by atoms with E-state index in [0.29, 0.717) is 16.8 Å². The number of rotatable bonds is 3. The van der Waals surface area contributed by atoms with Crippen LogP contribution in [0.15, 0.2) is 24.5 Å². The molecule has 2 aromatic heterocycles. The van der Waals surface area contributed by atoms with Crippen molar-refractivity contribution < 1.29 is 19.3 Å². The number of fused-ring (bicyclic) bond motifs is 1. The summed E-state index contributed by atoms with van der Waals surface area (Å²) in [4.78, 5) is 12.5. The first-order chi connectivity index (χ1) is 13.4. The molecule has 1 aliphatic heterocycles. The third-order valence-electron chi connectivity index (χ3n) is 4.59. The Hall–Kier alpha value is -2.77. The summed E-state index contributed by atoms with van der Waals surface area (Å²) in [5.74, 6) is 2.16. The highest BCUT2D eigenvalue weighted by Crippen LogP contribution is 2.33. The molecule has 3 heterocycles. The van der Waals surface area contributed by atoms with Crippen LogP contribution in [0.2, 0.25) is 5.28 Å². The molecule has 0 amide bonds. The Morgan fingerprint density at radius 1 is 1.32 bits per heavy atom. The molecule has 144 valence electrons. The van der Waals surface area contributed by atoms with Gasteiger partial charge in [0.25, 0.3) is 0 Å². The van der Waals surface area contributed by atoms with Gasteiger partial charge in [0.2, 0.25) is 5.28 Å². The lowest BCUT2D eigenvalue weighted by Gasteiger charge is -2.16. The van der Waals surface area contributed by atoms with Gasteiger partial charge in [-0.25, -0.2) is 9.37 Å². The number of anilines is 2. The Labute approximate surface area is 164 Å². The average molecular weight is 404 g/mol. The Kier molecular flexibility index (Phi) is 4.64. The predicted molar refractivity (Wildman–Crippen MR) is 99.5 cm³/mol. The Morgan fingerprint density at radius 3 is 2.82 bits per heavy atom. The van der Waals surface area contributed by atoms with Gasteiger partial charge in [-0.15, -0.1) is 6.42 Å². The molecule has 4 rings (SSSR count). The average Bonchev–Trinajstić information content (AvgIpc) is 3.20. The van der Waals surface area contributed by atoms with Crippen LogP contribution in [-0.4, -0.2) is 48.0 Å². The van der Waals surface area contributed by atoms with E-state index in [1.54, 1.807) is 19.1 Å². The lowest BCUT2D eigenvalue weighted by Crippen LogP contribution is -2.30. The zero-order chi connectivity index (χ0) is 20.0. The van der Waals surface area contributed by atoms with Crippen LogP contribution in [0.3, 0.4) is 0 Å². The Bertz CT molecular complexity index is 1100. The van der Waals surface area contributed by atoms with E-state index in [-0.39, 0.29) is 22.6 Å². The number of halogens is 2. The fraction of sp³-hybridized carbons (Fsp3) is 0.278. The minimum Gasteiger partial charge on any atom is -0.386 e. The molecule has 0 unspecified atom stereocenters. The second kappa shape index (κ2) is 7.00. The van der Waals surface area contributed by atoms with Crippen LogP contribution in [0.1, 0.15) is 11.8 Å². The second-order valence-corrected chi connectivity index (χ2v) is 6.64. The van der Waals surface area contributed by atoms with Gasteiger partial charge in [0.05, 0.1) is 6.33 Å². The first-order valence-electron chi connectivity index (χ1n) is 8.30. The number of aliphatic hydroxyl groups is 2. The van der Waals surface area contributed by atoms with Gasteiger partial charge in [0, 0.05) is 11.3 Å². The molecule has 3 N–H and O–H groups in total. The van der Waals surface area contributed by atoms with Crippen molar-refractivity contribution in [3.8, 4) is 12.3 Å². The van der Waals surface area contributed by atoms with Gasteiger partial charge in [0.1, 0.15) is 24.1 Å². The number of hydrogen-bond acceptors (Lipinski definition) is 7. The highest BCUT2D eigenvalue weighted by atomic mass is 35.5. The number of nitrogens with zero attached hydrogens (tertiary/aromatic N) is 4. The predicted octanol–water partition coefficient (Wildman–Crippen LogP) is 1.92. The lowest BCUT2D eigenvalue weighted by molar-refractivity contribution is -0.0230. The summed E-state index contributed by atoms with van der Waals surface area (Å²) >= 11 is 6.06. The summed E-state index contributed by atoms with van der Waals surface area (Å²) < 4.78 is 20.8. The molecule has 28 heavy (non-hydrogen) atoms. The molecular weight excluding hydrogens is 389 g/mol. The van der Waals surface area contributed by atoms with E-state index in [2.05, 4.69) is 26.2 Å². The molecule has 0 aliphatic carbocycles. The molecule has 10 heteroatoms. The normalized spacial score (nSPS) is 24.4. The van der Waals surface area contributed by atoms with Gasteiger partial charge in [-0.3, -0.25) is 4.57 Å². The molecule has 3 aromatic rings.